The van der Waals surface area contributed by atoms with Crippen molar-refractivity contribution in [3.8, 4) is 0 Å². The highest BCUT2D eigenvalue weighted by atomic mass is 32.1. The molecule has 0 saturated carbocycles. The van der Waals surface area contributed by atoms with Crippen molar-refractivity contribution in [1.29, 1.82) is 0 Å². The maximum atomic E-state index is 10.9. The van der Waals surface area contributed by atoms with E-state index in [4.69, 9.17) is 0 Å². The number of aliphatic hydroxyl groups is 1. The van der Waals surface area contributed by atoms with Crippen molar-refractivity contribution in [1.82, 2.24) is 4.98 Å². The Balaban J connectivity index is 1.94. The lowest BCUT2D eigenvalue weighted by Crippen LogP contribution is -2.03. The molecule has 0 saturated heterocycles. The SMILES string of the molecule is OC(c1nccc2ccccc12)c1cccc2ccsc12. The number of benzene rings is 2. The van der Waals surface area contributed by atoms with Gasteiger partial charge in [0.05, 0.1) is 5.69 Å². The van der Waals surface area contributed by atoms with Gasteiger partial charge < -0.3 is 5.11 Å². The normalized spacial score (nSPS) is 12.8. The summed E-state index contributed by atoms with van der Waals surface area (Å²) in [6.45, 7) is 0. The van der Waals surface area contributed by atoms with Crippen LogP contribution in [-0.4, -0.2) is 10.1 Å². The number of nitrogens with zero attached hydrogens (tertiary/aromatic N) is 1. The van der Waals surface area contributed by atoms with E-state index in [2.05, 4.69) is 22.5 Å². The van der Waals surface area contributed by atoms with Crippen molar-refractivity contribution in [2.24, 2.45) is 0 Å². The monoisotopic (exact) mass is 291 g/mol. The predicted octanol–water partition coefficient (Wildman–Crippen LogP) is 4.53. The van der Waals surface area contributed by atoms with E-state index in [1.807, 2.05) is 42.5 Å². The van der Waals surface area contributed by atoms with Gasteiger partial charge >= 0.3 is 0 Å². The molecular weight excluding hydrogens is 278 g/mol. The van der Waals surface area contributed by atoms with Crippen LogP contribution in [0.1, 0.15) is 17.4 Å². The highest BCUT2D eigenvalue weighted by Gasteiger charge is 2.17. The van der Waals surface area contributed by atoms with Crippen molar-refractivity contribution in [3.05, 3.63) is 77.4 Å². The fraction of sp³-hybridized carbons (Fsp3) is 0.0556. The minimum Gasteiger partial charge on any atom is -0.382 e. The Labute approximate surface area is 126 Å². The first-order valence-corrected chi connectivity index (χ1v) is 7.70. The maximum Gasteiger partial charge on any atom is 0.123 e. The van der Waals surface area contributed by atoms with E-state index in [0.29, 0.717) is 5.69 Å². The van der Waals surface area contributed by atoms with Crippen molar-refractivity contribution < 1.29 is 5.11 Å². The smallest absolute Gasteiger partial charge is 0.123 e. The van der Waals surface area contributed by atoms with Gasteiger partial charge in [-0.2, -0.15) is 0 Å². The number of aliphatic hydroxyl groups excluding tert-OH is 1. The molecule has 2 aromatic carbocycles. The summed E-state index contributed by atoms with van der Waals surface area (Å²) in [5.41, 5.74) is 1.64. The van der Waals surface area contributed by atoms with Gasteiger partial charge in [0.25, 0.3) is 0 Å². The number of aromatic nitrogens is 1. The number of thiophene rings is 1. The molecule has 0 aliphatic carbocycles. The molecule has 0 aliphatic rings. The molecule has 3 heteroatoms. The second kappa shape index (κ2) is 4.95. The van der Waals surface area contributed by atoms with Gasteiger partial charge in [-0.25, -0.2) is 0 Å². The second-order valence-electron chi connectivity index (χ2n) is 5.01. The zero-order valence-electron chi connectivity index (χ0n) is 11.2. The van der Waals surface area contributed by atoms with Gasteiger partial charge in [0.1, 0.15) is 6.10 Å². The Morgan fingerprint density at radius 2 is 1.76 bits per heavy atom. The van der Waals surface area contributed by atoms with Gasteiger partial charge in [0.15, 0.2) is 0 Å². The zero-order valence-corrected chi connectivity index (χ0v) is 12.0. The first-order valence-electron chi connectivity index (χ1n) is 6.82. The van der Waals surface area contributed by atoms with Crippen LogP contribution in [0.2, 0.25) is 0 Å². The van der Waals surface area contributed by atoms with Crippen molar-refractivity contribution >= 4 is 32.2 Å². The summed E-state index contributed by atoms with van der Waals surface area (Å²) < 4.78 is 1.12. The molecule has 21 heavy (non-hydrogen) atoms. The lowest BCUT2D eigenvalue weighted by molar-refractivity contribution is 0.219. The summed E-state index contributed by atoms with van der Waals surface area (Å²) in [7, 11) is 0. The summed E-state index contributed by atoms with van der Waals surface area (Å²) >= 11 is 1.65. The summed E-state index contributed by atoms with van der Waals surface area (Å²) in [6.07, 6.45) is 1.05. The average molecular weight is 291 g/mol. The number of rotatable bonds is 2. The maximum absolute atomic E-state index is 10.9. The molecule has 0 spiro atoms. The van der Waals surface area contributed by atoms with Crippen LogP contribution in [0.4, 0.5) is 0 Å². The fourth-order valence-corrected chi connectivity index (χ4v) is 3.68. The van der Waals surface area contributed by atoms with Gasteiger partial charge in [-0.1, -0.05) is 42.5 Å². The number of hydrogen-bond acceptors (Lipinski definition) is 3. The topological polar surface area (TPSA) is 33.1 Å². The Morgan fingerprint density at radius 1 is 0.905 bits per heavy atom. The molecule has 102 valence electrons. The first kappa shape index (κ1) is 12.5. The highest BCUT2D eigenvalue weighted by molar-refractivity contribution is 7.17. The molecule has 1 N–H and O–H groups in total. The van der Waals surface area contributed by atoms with Gasteiger partial charge in [-0.3, -0.25) is 4.98 Å². The molecule has 2 heterocycles. The first-order chi connectivity index (χ1) is 10.3. The lowest BCUT2D eigenvalue weighted by atomic mass is 10.00. The minimum atomic E-state index is -0.710. The standard InChI is InChI=1S/C18H13NOS/c20-17(15-7-3-5-13-9-11-21-18(13)15)16-14-6-2-1-4-12(14)8-10-19-16/h1-11,17,20H. The molecule has 1 atom stereocenters. The summed E-state index contributed by atoms with van der Waals surface area (Å²) in [5.74, 6) is 0. The molecule has 4 aromatic rings. The molecule has 0 radical (unpaired) electrons. The van der Waals surface area contributed by atoms with E-state index in [-0.39, 0.29) is 0 Å². The van der Waals surface area contributed by atoms with Crippen molar-refractivity contribution in [2.45, 2.75) is 6.10 Å². The molecule has 4 rings (SSSR count). The minimum absolute atomic E-state index is 0.710. The summed E-state index contributed by atoms with van der Waals surface area (Å²) in [5, 5.41) is 16.2. The van der Waals surface area contributed by atoms with E-state index in [1.54, 1.807) is 17.5 Å². The van der Waals surface area contributed by atoms with E-state index < -0.39 is 6.10 Å². The molecule has 0 amide bonds. The van der Waals surface area contributed by atoms with E-state index in [0.717, 1.165) is 26.4 Å². The third-order valence-corrected chi connectivity index (χ3v) is 4.75. The molecule has 2 aromatic heterocycles. The third-order valence-electron chi connectivity index (χ3n) is 3.77. The Morgan fingerprint density at radius 3 is 2.71 bits per heavy atom. The summed E-state index contributed by atoms with van der Waals surface area (Å²) in [6, 6.07) is 18.1. The van der Waals surface area contributed by atoms with Crippen molar-refractivity contribution in [3.63, 3.8) is 0 Å². The Hall–Kier alpha value is -2.23. The fourth-order valence-electron chi connectivity index (χ4n) is 2.74. The predicted molar refractivity (Wildman–Crippen MR) is 87.6 cm³/mol. The molecule has 2 nitrogen and oxygen atoms in total. The molecule has 0 bridgehead atoms. The second-order valence-corrected chi connectivity index (χ2v) is 5.92. The van der Waals surface area contributed by atoms with Gasteiger partial charge in [-0.05, 0) is 28.3 Å². The van der Waals surface area contributed by atoms with Crippen molar-refractivity contribution in [2.75, 3.05) is 0 Å². The summed E-state index contributed by atoms with van der Waals surface area (Å²) in [4.78, 5) is 4.43. The van der Waals surface area contributed by atoms with E-state index >= 15 is 0 Å². The molecule has 0 aliphatic heterocycles. The van der Waals surface area contributed by atoms with E-state index in [9.17, 15) is 5.11 Å². The average Bonchev–Trinajstić information content (AvgIpc) is 3.02. The van der Waals surface area contributed by atoms with Crippen LogP contribution in [0, 0.1) is 0 Å². The zero-order chi connectivity index (χ0) is 14.2. The van der Waals surface area contributed by atoms with Gasteiger partial charge in [0.2, 0.25) is 0 Å². The van der Waals surface area contributed by atoms with Crippen LogP contribution < -0.4 is 0 Å². The largest absolute Gasteiger partial charge is 0.382 e. The lowest BCUT2D eigenvalue weighted by Gasteiger charge is -2.14. The highest BCUT2D eigenvalue weighted by Crippen LogP contribution is 2.33. The van der Waals surface area contributed by atoms with Crippen LogP contribution >= 0.6 is 11.3 Å². The molecular formula is C18H13NOS. The Kier molecular flexibility index (Phi) is 2.95. The quantitative estimate of drug-likeness (QED) is 0.588. The Bertz CT molecular complexity index is 923. The van der Waals surface area contributed by atoms with Crippen LogP contribution in [0.15, 0.2) is 66.2 Å². The van der Waals surface area contributed by atoms with Crippen LogP contribution in [0.25, 0.3) is 20.9 Å². The molecule has 1 unspecified atom stereocenters. The number of fused-ring (bicyclic) bond motifs is 2. The number of hydrogen-bond donors (Lipinski definition) is 1. The molecule has 0 fully saturated rings. The third kappa shape index (κ3) is 2.02. The number of pyridine rings is 1. The van der Waals surface area contributed by atoms with E-state index in [1.165, 1.54) is 0 Å². The van der Waals surface area contributed by atoms with Gasteiger partial charge in [0, 0.05) is 21.8 Å². The van der Waals surface area contributed by atoms with Crippen LogP contribution in [0.5, 0.6) is 0 Å². The van der Waals surface area contributed by atoms with Gasteiger partial charge in [-0.15, -0.1) is 11.3 Å². The van der Waals surface area contributed by atoms with Crippen LogP contribution in [-0.2, 0) is 0 Å². The van der Waals surface area contributed by atoms with Crippen LogP contribution in [0.3, 0.4) is 0 Å².